The fourth-order valence-corrected chi connectivity index (χ4v) is 4.69. The monoisotopic (exact) mass is 471 g/mol. The fraction of sp³-hybridized carbons (Fsp3) is 0.286. The van der Waals surface area contributed by atoms with E-state index >= 15 is 0 Å². The van der Waals surface area contributed by atoms with Crippen LogP contribution in [0.5, 0.6) is 17.2 Å². The second-order valence-corrected chi connectivity index (χ2v) is 8.79. The molecule has 0 radical (unpaired) electrons. The largest absolute Gasteiger partial charge is 0.497 e. The van der Waals surface area contributed by atoms with Gasteiger partial charge in [-0.05, 0) is 61.7 Å². The lowest BCUT2D eigenvalue weighted by Crippen LogP contribution is -2.30. The fourth-order valence-electron chi connectivity index (χ4n) is 4.69. The van der Waals surface area contributed by atoms with Crippen molar-refractivity contribution in [2.24, 2.45) is 0 Å². The number of fused-ring (bicyclic) bond motifs is 1. The summed E-state index contributed by atoms with van der Waals surface area (Å²) in [6.45, 7) is 3.08. The van der Waals surface area contributed by atoms with Gasteiger partial charge in [-0.3, -0.25) is 4.79 Å². The molecule has 35 heavy (non-hydrogen) atoms. The molecule has 2 aromatic carbocycles. The van der Waals surface area contributed by atoms with Gasteiger partial charge in [0.05, 0.1) is 26.0 Å². The first kappa shape index (κ1) is 22.8. The number of carbonyl (C=O) groups is 1. The highest BCUT2D eigenvalue weighted by Gasteiger charge is 2.32. The van der Waals surface area contributed by atoms with Gasteiger partial charge in [-0.1, -0.05) is 12.1 Å². The van der Waals surface area contributed by atoms with Crippen molar-refractivity contribution in [3.8, 4) is 17.2 Å². The standard InChI is InChI=1S/C28H29N3O4/c1-19-9-12-27-29-21(17-30(27)16-19)18-35-23-7-4-6-20(14-23)28(32)31-13-5-8-25(31)24-11-10-22(33-2)15-26(24)34-3/h4,6-7,9-12,14-17,25H,5,8,13,18H2,1-3H3. The van der Waals surface area contributed by atoms with Crippen molar-refractivity contribution in [1.82, 2.24) is 14.3 Å². The Morgan fingerprint density at radius 2 is 1.91 bits per heavy atom. The van der Waals surface area contributed by atoms with Crippen LogP contribution >= 0.6 is 0 Å². The number of amides is 1. The normalized spacial score (nSPS) is 15.4. The first-order valence-corrected chi connectivity index (χ1v) is 11.8. The van der Waals surface area contributed by atoms with Crippen molar-refractivity contribution in [1.29, 1.82) is 0 Å². The van der Waals surface area contributed by atoms with Crippen LogP contribution < -0.4 is 14.2 Å². The van der Waals surface area contributed by atoms with Crippen LogP contribution in [-0.4, -0.2) is 41.0 Å². The number of likely N-dealkylation sites (tertiary alicyclic amines) is 1. The topological polar surface area (TPSA) is 65.3 Å². The highest BCUT2D eigenvalue weighted by Crippen LogP contribution is 2.39. The van der Waals surface area contributed by atoms with Crippen molar-refractivity contribution < 1.29 is 19.0 Å². The van der Waals surface area contributed by atoms with Gasteiger partial charge in [0.2, 0.25) is 0 Å². The minimum absolute atomic E-state index is 0.0148. The molecule has 1 fully saturated rings. The summed E-state index contributed by atoms with van der Waals surface area (Å²) in [5.41, 5.74) is 4.48. The molecule has 3 heterocycles. The Morgan fingerprint density at radius 3 is 2.74 bits per heavy atom. The molecule has 1 atom stereocenters. The summed E-state index contributed by atoms with van der Waals surface area (Å²) in [5.74, 6) is 2.08. The van der Waals surface area contributed by atoms with Gasteiger partial charge >= 0.3 is 0 Å². The number of imidazole rings is 1. The molecular formula is C28H29N3O4. The Labute approximate surface area is 204 Å². The maximum Gasteiger partial charge on any atom is 0.254 e. The van der Waals surface area contributed by atoms with E-state index in [1.807, 2.05) is 83.2 Å². The maximum atomic E-state index is 13.5. The summed E-state index contributed by atoms with van der Waals surface area (Å²) in [4.78, 5) is 20.0. The van der Waals surface area contributed by atoms with E-state index < -0.39 is 0 Å². The van der Waals surface area contributed by atoms with Crippen molar-refractivity contribution in [3.63, 3.8) is 0 Å². The van der Waals surface area contributed by atoms with Crippen LogP contribution in [0, 0.1) is 6.92 Å². The molecule has 2 aromatic heterocycles. The summed E-state index contributed by atoms with van der Waals surface area (Å²) in [7, 11) is 3.27. The second kappa shape index (κ2) is 9.70. The number of hydrogen-bond donors (Lipinski definition) is 0. The molecule has 0 spiro atoms. The number of nitrogens with zero attached hydrogens (tertiary/aromatic N) is 3. The Morgan fingerprint density at radius 1 is 1.03 bits per heavy atom. The molecule has 180 valence electrons. The zero-order valence-electron chi connectivity index (χ0n) is 20.2. The zero-order chi connectivity index (χ0) is 24.4. The van der Waals surface area contributed by atoms with Crippen LogP contribution in [0.1, 0.15) is 46.1 Å². The van der Waals surface area contributed by atoms with Gasteiger partial charge in [0.1, 0.15) is 29.5 Å². The molecule has 0 aliphatic carbocycles. The average Bonchev–Trinajstić information content (AvgIpc) is 3.53. The Hall–Kier alpha value is -4.00. The van der Waals surface area contributed by atoms with Crippen LogP contribution in [0.4, 0.5) is 0 Å². The molecule has 1 saturated heterocycles. The summed E-state index contributed by atoms with van der Waals surface area (Å²) < 4.78 is 18.9. The number of aromatic nitrogens is 2. The number of aryl methyl sites for hydroxylation is 1. The van der Waals surface area contributed by atoms with Crippen LogP contribution in [0.2, 0.25) is 0 Å². The molecule has 1 aliphatic heterocycles. The molecule has 0 bridgehead atoms. The van der Waals surface area contributed by atoms with Gasteiger partial charge in [0.25, 0.3) is 5.91 Å². The minimum Gasteiger partial charge on any atom is -0.497 e. The molecule has 1 amide bonds. The molecule has 4 aromatic rings. The highest BCUT2D eigenvalue weighted by atomic mass is 16.5. The lowest BCUT2D eigenvalue weighted by atomic mass is 10.0. The lowest BCUT2D eigenvalue weighted by molar-refractivity contribution is 0.0733. The van der Waals surface area contributed by atoms with Gasteiger partial charge in [0.15, 0.2) is 0 Å². The van der Waals surface area contributed by atoms with E-state index in [1.165, 1.54) is 5.56 Å². The third-order valence-corrected chi connectivity index (χ3v) is 6.43. The summed E-state index contributed by atoms with van der Waals surface area (Å²) in [6.07, 6.45) is 5.83. The van der Waals surface area contributed by atoms with E-state index in [-0.39, 0.29) is 11.9 Å². The van der Waals surface area contributed by atoms with Gasteiger partial charge in [0, 0.05) is 36.1 Å². The summed E-state index contributed by atoms with van der Waals surface area (Å²) in [5, 5.41) is 0. The van der Waals surface area contributed by atoms with Crippen LogP contribution in [-0.2, 0) is 6.61 Å². The molecule has 5 rings (SSSR count). The lowest BCUT2D eigenvalue weighted by Gasteiger charge is -2.27. The molecule has 1 aliphatic rings. The van der Waals surface area contributed by atoms with Gasteiger partial charge in [-0.15, -0.1) is 0 Å². The predicted octanol–water partition coefficient (Wildman–Crippen LogP) is 5.22. The van der Waals surface area contributed by atoms with E-state index in [4.69, 9.17) is 14.2 Å². The van der Waals surface area contributed by atoms with E-state index in [2.05, 4.69) is 4.98 Å². The number of hydrogen-bond acceptors (Lipinski definition) is 5. The third-order valence-electron chi connectivity index (χ3n) is 6.43. The Bertz CT molecular complexity index is 1360. The zero-order valence-corrected chi connectivity index (χ0v) is 20.2. The Balaban J connectivity index is 1.32. The molecule has 7 nitrogen and oxygen atoms in total. The molecular weight excluding hydrogens is 442 g/mol. The van der Waals surface area contributed by atoms with E-state index in [0.29, 0.717) is 24.5 Å². The number of ether oxygens (including phenoxy) is 3. The number of rotatable bonds is 7. The van der Waals surface area contributed by atoms with Crippen molar-refractivity contribution in [3.05, 3.63) is 89.4 Å². The van der Waals surface area contributed by atoms with Crippen molar-refractivity contribution in [2.45, 2.75) is 32.4 Å². The first-order valence-electron chi connectivity index (χ1n) is 11.8. The predicted molar refractivity (Wildman–Crippen MR) is 133 cm³/mol. The first-order chi connectivity index (χ1) is 17.1. The SMILES string of the molecule is COc1ccc(C2CCCN2C(=O)c2cccc(OCc3cn4cc(C)ccc4n3)c2)c(OC)c1. The highest BCUT2D eigenvalue weighted by molar-refractivity contribution is 5.95. The molecule has 1 unspecified atom stereocenters. The molecule has 7 heteroatoms. The van der Waals surface area contributed by atoms with Crippen LogP contribution in [0.15, 0.2) is 67.0 Å². The molecule has 0 saturated carbocycles. The number of methoxy groups -OCH3 is 2. The molecule has 0 N–H and O–H groups in total. The second-order valence-electron chi connectivity index (χ2n) is 8.79. The summed E-state index contributed by atoms with van der Waals surface area (Å²) in [6, 6.07) is 17.1. The minimum atomic E-state index is -0.0469. The van der Waals surface area contributed by atoms with Gasteiger partial charge in [-0.25, -0.2) is 4.98 Å². The maximum absolute atomic E-state index is 13.5. The van der Waals surface area contributed by atoms with Crippen LogP contribution in [0.25, 0.3) is 5.65 Å². The van der Waals surface area contributed by atoms with E-state index in [0.717, 1.165) is 41.2 Å². The third kappa shape index (κ3) is 4.67. The quantitative estimate of drug-likeness (QED) is 0.370. The van der Waals surface area contributed by atoms with Gasteiger partial charge < -0.3 is 23.5 Å². The van der Waals surface area contributed by atoms with E-state index in [1.54, 1.807) is 14.2 Å². The smallest absolute Gasteiger partial charge is 0.254 e. The van der Waals surface area contributed by atoms with E-state index in [9.17, 15) is 4.79 Å². The van der Waals surface area contributed by atoms with Crippen molar-refractivity contribution >= 4 is 11.6 Å². The summed E-state index contributed by atoms with van der Waals surface area (Å²) >= 11 is 0. The number of benzene rings is 2. The average molecular weight is 472 g/mol. The number of carbonyl (C=O) groups excluding carboxylic acids is 1. The van der Waals surface area contributed by atoms with Gasteiger partial charge in [-0.2, -0.15) is 0 Å². The van der Waals surface area contributed by atoms with Crippen molar-refractivity contribution in [2.75, 3.05) is 20.8 Å². The number of pyridine rings is 1. The Kier molecular flexibility index (Phi) is 6.31. The van der Waals surface area contributed by atoms with Crippen LogP contribution in [0.3, 0.4) is 0 Å².